The van der Waals surface area contributed by atoms with Gasteiger partial charge >= 0.3 is 0 Å². The van der Waals surface area contributed by atoms with Crippen LogP contribution in [0.4, 0.5) is 0 Å². The van der Waals surface area contributed by atoms with Gasteiger partial charge in [-0.3, -0.25) is 0 Å². The van der Waals surface area contributed by atoms with Crippen LogP contribution in [0.2, 0.25) is 0 Å². The molecule has 206 valence electrons. The molecule has 0 radical (unpaired) electrons. The molecule has 0 fully saturated rings. The first-order valence-electron chi connectivity index (χ1n) is 15.3. The van der Waals surface area contributed by atoms with Crippen molar-refractivity contribution in [3.05, 3.63) is 133 Å². The number of benzene rings is 6. The fraction of sp³-hybridized carbons (Fsp3) is 0.100. The van der Waals surface area contributed by atoms with E-state index in [2.05, 4.69) is 143 Å². The van der Waals surface area contributed by atoms with Gasteiger partial charge in [-0.15, -0.1) is 11.3 Å². The molecule has 3 heteroatoms. The molecule has 9 aromatic rings. The first kappa shape index (κ1) is 24.7. The maximum atomic E-state index is 2.51. The average molecular weight is 571 g/mol. The van der Waals surface area contributed by atoms with Gasteiger partial charge in [0.25, 0.3) is 0 Å². The number of aryl methyl sites for hydroxylation is 1. The van der Waals surface area contributed by atoms with Gasteiger partial charge in [-0.25, -0.2) is 0 Å². The van der Waals surface area contributed by atoms with Crippen molar-refractivity contribution >= 4 is 75.1 Å². The van der Waals surface area contributed by atoms with Crippen LogP contribution >= 0.6 is 11.3 Å². The van der Waals surface area contributed by atoms with Gasteiger partial charge in [-0.05, 0) is 66.9 Å². The third-order valence-electron chi connectivity index (χ3n) is 9.08. The monoisotopic (exact) mass is 570 g/mol. The second-order valence-electron chi connectivity index (χ2n) is 11.6. The van der Waals surface area contributed by atoms with Crippen LogP contribution in [0.1, 0.15) is 25.3 Å². The molecule has 0 unspecified atom stereocenters. The number of unbranched alkanes of at least 4 members (excludes halogenated alkanes) is 1. The average Bonchev–Trinajstić information content (AvgIpc) is 3.71. The number of nitrogens with zero attached hydrogens (tertiary/aromatic N) is 2. The van der Waals surface area contributed by atoms with E-state index in [0.717, 1.165) is 6.42 Å². The summed E-state index contributed by atoms with van der Waals surface area (Å²) in [5, 5.41) is 7.88. The van der Waals surface area contributed by atoms with Gasteiger partial charge in [0.15, 0.2) is 0 Å². The largest absolute Gasteiger partial charge is 0.309 e. The zero-order chi connectivity index (χ0) is 28.5. The molecular formula is C40H30N2S. The van der Waals surface area contributed by atoms with Crippen LogP contribution in [0.5, 0.6) is 0 Å². The molecule has 3 heterocycles. The van der Waals surface area contributed by atoms with Crippen LogP contribution < -0.4 is 0 Å². The Morgan fingerprint density at radius 1 is 0.558 bits per heavy atom. The first-order chi connectivity index (χ1) is 21.3. The van der Waals surface area contributed by atoms with Crippen molar-refractivity contribution in [1.29, 1.82) is 0 Å². The maximum Gasteiger partial charge on any atom is 0.0641 e. The molecule has 0 aliphatic carbocycles. The van der Waals surface area contributed by atoms with Crippen molar-refractivity contribution in [2.45, 2.75) is 26.2 Å². The lowest BCUT2D eigenvalue weighted by Gasteiger charge is -2.10. The Kier molecular flexibility index (Phi) is 5.51. The Balaban J connectivity index is 1.41. The fourth-order valence-electron chi connectivity index (χ4n) is 7.16. The van der Waals surface area contributed by atoms with Crippen molar-refractivity contribution in [1.82, 2.24) is 9.13 Å². The molecule has 2 nitrogen and oxygen atoms in total. The van der Waals surface area contributed by atoms with Crippen molar-refractivity contribution in [2.75, 3.05) is 0 Å². The lowest BCUT2D eigenvalue weighted by Crippen LogP contribution is -1.95. The Morgan fingerprint density at radius 2 is 1.30 bits per heavy atom. The van der Waals surface area contributed by atoms with E-state index in [1.807, 2.05) is 11.3 Å². The minimum atomic E-state index is 1.14. The molecule has 0 aliphatic rings. The highest BCUT2D eigenvalue weighted by atomic mass is 32.1. The molecule has 0 saturated carbocycles. The molecule has 0 amide bonds. The van der Waals surface area contributed by atoms with Crippen molar-refractivity contribution < 1.29 is 0 Å². The van der Waals surface area contributed by atoms with E-state index < -0.39 is 0 Å². The van der Waals surface area contributed by atoms with Gasteiger partial charge in [-0.1, -0.05) is 92.2 Å². The summed E-state index contributed by atoms with van der Waals surface area (Å²) < 4.78 is 7.67. The highest BCUT2D eigenvalue weighted by Gasteiger charge is 2.22. The minimum absolute atomic E-state index is 1.14. The number of fused-ring (bicyclic) bond motifs is 10. The first-order valence-corrected chi connectivity index (χ1v) is 16.1. The van der Waals surface area contributed by atoms with Gasteiger partial charge < -0.3 is 9.13 Å². The van der Waals surface area contributed by atoms with E-state index in [0.29, 0.717) is 0 Å². The van der Waals surface area contributed by atoms with Gasteiger partial charge in [0.1, 0.15) is 0 Å². The standard InChI is InChI=1S/C40H30N2S/c1-2-3-12-26-21-24-37-32(25-26)30-17-11-20-36(40(30)43-37)42-34-19-10-8-16-31(34)38-35(42)23-22-29-28-15-7-9-18-33(28)41(39(29)38)27-13-5-4-6-14-27/h4-11,13-25H,2-3,12H2,1H3. The summed E-state index contributed by atoms with van der Waals surface area (Å²) in [5.74, 6) is 0. The number of hydrogen-bond acceptors (Lipinski definition) is 1. The second-order valence-corrected chi connectivity index (χ2v) is 12.6. The smallest absolute Gasteiger partial charge is 0.0641 e. The molecule has 0 saturated heterocycles. The molecular weight excluding hydrogens is 541 g/mol. The van der Waals surface area contributed by atoms with E-state index in [1.165, 1.54) is 93.6 Å². The number of para-hydroxylation sites is 3. The van der Waals surface area contributed by atoms with Crippen LogP contribution in [0.3, 0.4) is 0 Å². The summed E-state index contributed by atoms with van der Waals surface area (Å²) in [6, 6.07) is 47.2. The normalized spacial score (nSPS) is 12.1. The molecule has 0 N–H and O–H groups in total. The summed E-state index contributed by atoms with van der Waals surface area (Å²) in [5.41, 5.74) is 8.85. The van der Waals surface area contributed by atoms with Crippen LogP contribution in [0, 0.1) is 0 Å². The van der Waals surface area contributed by atoms with Crippen LogP contribution in [-0.2, 0) is 6.42 Å². The Labute approximate surface area is 254 Å². The lowest BCUT2D eigenvalue weighted by atomic mass is 10.0. The van der Waals surface area contributed by atoms with Crippen molar-refractivity contribution in [3.63, 3.8) is 0 Å². The predicted octanol–water partition coefficient (Wildman–Crippen LogP) is 11.6. The van der Waals surface area contributed by atoms with E-state index >= 15 is 0 Å². The highest BCUT2D eigenvalue weighted by molar-refractivity contribution is 7.26. The topological polar surface area (TPSA) is 9.86 Å². The zero-order valence-corrected chi connectivity index (χ0v) is 24.9. The van der Waals surface area contributed by atoms with Crippen molar-refractivity contribution in [2.24, 2.45) is 0 Å². The number of rotatable bonds is 5. The van der Waals surface area contributed by atoms with Gasteiger partial charge in [0.2, 0.25) is 0 Å². The number of hydrogen-bond donors (Lipinski definition) is 0. The van der Waals surface area contributed by atoms with Crippen molar-refractivity contribution in [3.8, 4) is 11.4 Å². The van der Waals surface area contributed by atoms with Crippen LogP contribution in [0.25, 0.3) is 75.2 Å². The molecule has 0 bridgehead atoms. The van der Waals surface area contributed by atoms with Crippen LogP contribution in [0.15, 0.2) is 127 Å². The van der Waals surface area contributed by atoms with Gasteiger partial charge in [0, 0.05) is 42.7 Å². The van der Waals surface area contributed by atoms with E-state index in [-0.39, 0.29) is 0 Å². The van der Waals surface area contributed by atoms with E-state index in [1.54, 1.807) is 0 Å². The Hall–Kier alpha value is -4.86. The van der Waals surface area contributed by atoms with Crippen LogP contribution in [-0.4, -0.2) is 9.13 Å². The lowest BCUT2D eigenvalue weighted by molar-refractivity contribution is 0.796. The van der Waals surface area contributed by atoms with E-state index in [4.69, 9.17) is 0 Å². The quantitative estimate of drug-likeness (QED) is 0.195. The molecule has 0 spiro atoms. The third-order valence-corrected chi connectivity index (χ3v) is 10.3. The summed E-state index contributed by atoms with van der Waals surface area (Å²) in [4.78, 5) is 0. The SMILES string of the molecule is CCCCc1ccc2sc3c(-n4c5ccccc5c5c4ccc4c6ccccc6n(-c6ccccc6)c45)cccc3c2c1. The molecule has 0 atom stereocenters. The number of aromatic nitrogens is 2. The molecule has 3 aromatic heterocycles. The Morgan fingerprint density at radius 3 is 2.14 bits per heavy atom. The molecule has 9 rings (SSSR count). The van der Waals surface area contributed by atoms with E-state index in [9.17, 15) is 0 Å². The molecule has 43 heavy (non-hydrogen) atoms. The third kappa shape index (κ3) is 3.58. The molecule has 0 aliphatic heterocycles. The molecule has 6 aromatic carbocycles. The Bertz CT molecular complexity index is 2490. The van der Waals surface area contributed by atoms with Gasteiger partial charge in [0.05, 0.1) is 32.5 Å². The highest BCUT2D eigenvalue weighted by Crippen LogP contribution is 2.44. The second kappa shape index (κ2) is 9.58. The summed E-state index contributed by atoms with van der Waals surface area (Å²) in [6.45, 7) is 2.27. The maximum absolute atomic E-state index is 2.51. The van der Waals surface area contributed by atoms with Gasteiger partial charge in [-0.2, -0.15) is 0 Å². The summed E-state index contributed by atoms with van der Waals surface area (Å²) >= 11 is 1.92. The summed E-state index contributed by atoms with van der Waals surface area (Å²) in [7, 11) is 0. The number of thiophene rings is 1. The zero-order valence-electron chi connectivity index (χ0n) is 24.0. The predicted molar refractivity (Wildman–Crippen MR) is 187 cm³/mol. The fourth-order valence-corrected chi connectivity index (χ4v) is 8.34. The summed E-state index contributed by atoms with van der Waals surface area (Å²) in [6.07, 6.45) is 3.59. The minimum Gasteiger partial charge on any atom is -0.309 e.